The first-order valence-corrected chi connectivity index (χ1v) is 9.22. The molecule has 2 saturated heterocycles. The van der Waals surface area contributed by atoms with Crippen LogP contribution < -0.4 is 5.56 Å². The van der Waals surface area contributed by atoms with Crippen molar-refractivity contribution in [2.24, 2.45) is 0 Å². The molecule has 2 aromatic rings. The van der Waals surface area contributed by atoms with Gasteiger partial charge in [0, 0.05) is 11.8 Å². The summed E-state index contributed by atoms with van der Waals surface area (Å²) in [6, 6.07) is 10.1. The third kappa shape index (κ3) is 2.85. The Kier molecular flexibility index (Phi) is 4.56. The molecular weight excluding hydrogens is 352 g/mol. The fourth-order valence-corrected chi connectivity index (χ4v) is 3.98. The number of ether oxygens (including phenoxy) is 3. The van der Waals surface area contributed by atoms with Gasteiger partial charge in [0.1, 0.15) is 17.8 Å². The van der Waals surface area contributed by atoms with Crippen molar-refractivity contribution in [1.29, 1.82) is 0 Å². The van der Waals surface area contributed by atoms with Crippen LogP contribution in [0.1, 0.15) is 30.7 Å². The second-order valence-corrected chi connectivity index (χ2v) is 7.28. The summed E-state index contributed by atoms with van der Waals surface area (Å²) in [4.78, 5) is 14.5. The number of rotatable bonds is 5. The smallest absolute Gasteiger partial charge is 0.254 e. The summed E-state index contributed by atoms with van der Waals surface area (Å²) < 4.78 is 20.8. The van der Waals surface area contributed by atoms with E-state index in [4.69, 9.17) is 26.4 Å². The number of hydrogen-bond donors (Lipinski definition) is 1. The molecule has 138 valence electrons. The van der Waals surface area contributed by atoms with E-state index in [9.17, 15) is 4.79 Å². The molecule has 2 aliphatic heterocycles. The van der Waals surface area contributed by atoms with E-state index >= 15 is 0 Å². The highest BCUT2D eigenvalue weighted by atomic mass is 32.1. The Morgan fingerprint density at radius 1 is 1.38 bits per heavy atom. The van der Waals surface area contributed by atoms with E-state index < -0.39 is 11.8 Å². The normalized spacial score (nSPS) is 30.0. The van der Waals surface area contributed by atoms with Crippen LogP contribution in [0.25, 0.3) is 0 Å². The van der Waals surface area contributed by atoms with E-state index in [1.807, 2.05) is 30.3 Å². The molecular formula is C19H22N2O4S. The molecule has 0 aliphatic carbocycles. The van der Waals surface area contributed by atoms with Gasteiger partial charge in [-0.15, -0.1) is 0 Å². The maximum atomic E-state index is 11.8. The molecule has 2 bridgehead atoms. The standard InChI is InChI=1S/C19H22N2O4S/c1-3-19-11-24-14(15(19)23-10-13-7-5-4-6-8-13)17(25-19)21-9-12(2)16(22)20-18(21)26/h4-9,14-15,17H,3,10-11H2,1-2H3,(H,20,22,26)/t14-,15?,17+,19+/m0/s1. The molecule has 3 heterocycles. The summed E-state index contributed by atoms with van der Waals surface area (Å²) in [5.41, 5.74) is 1.01. The first-order valence-electron chi connectivity index (χ1n) is 8.81. The van der Waals surface area contributed by atoms with Gasteiger partial charge in [-0.3, -0.25) is 14.3 Å². The number of aromatic nitrogens is 2. The van der Waals surface area contributed by atoms with Crippen LogP contribution in [0, 0.1) is 11.7 Å². The third-order valence-electron chi connectivity index (χ3n) is 5.26. The minimum absolute atomic E-state index is 0.183. The van der Waals surface area contributed by atoms with Crippen molar-refractivity contribution in [2.45, 2.75) is 50.9 Å². The predicted octanol–water partition coefficient (Wildman–Crippen LogP) is 2.88. The van der Waals surface area contributed by atoms with Crippen LogP contribution in [0.4, 0.5) is 0 Å². The van der Waals surface area contributed by atoms with E-state index in [1.54, 1.807) is 17.7 Å². The van der Waals surface area contributed by atoms with E-state index in [0.29, 0.717) is 23.5 Å². The maximum absolute atomic E-state index is 11.8. The predicted molar refractivity (Wildman–Crippen MR) is 98.5 cm³/mol. The Bertz CT molecular complexity index is 910. The molecule has 1 N–H and O–H groups in total. The van der Waals surface area contributed by atoms with Gasteiger partial charge in [0.15, 0.2) is 11.0 Å². The molecule has 1 aromatic carbocycles. The van der Waals surface area contributed by atoms with E-state index in [0.717, 1.165) is 12.0 Å². The van der Waals surface area contributed by atoms with E-state index in [2.05, 4.69) is 11.9 Å². The highest BCUT2D eigenvalue weighted by Crippen LogP contribution is 2.48. The van der Waals surface area contributed by atoms with Gasteiger partial charge in [0.2, 0.25) is 0 Å². The number of fused-ring (bicyclic) bond motifs is 2. The van der Waals surface area contributed by atoms with Crippen molar-refractivity contribution < 1.29 is 14.2 Å². The van der Waals surface area contributed by atoms with Gasteiger partial charge < -0.3 is 14.2 Å². The number of hydrogen-bond acceptors (Lipinski definition) is 5. The lowest BCUT2D eigenvalue weighted by molar-refractivity contribution is -0.176. The van der Waals surface area contributed by atoms with Crippen LogP contribution in [0.3, 0.4) is 0 Å². The molecule has 0 amide bonds. The summed E-state index contributed by atoms with van der Waals surface area (Å²) in [7, 11) is 0. The number of nitrogens with zero attached hydrogens (tertiary/aromatic N) is 1. The highest BCUT2D eigenvalue weighted by Gasteiger charge is 2.62. The van der Waals surface area contributed by atoms with Crippen molar-refractivity contribution in [2.75, 3.05) is 6.61 Å². The zero-order valence-corrected chi connectivity index (χ0v) is 15.6. The number of benzene rings is 1. The Labute approximate surface area is 156 Å². The maximum Gasteiger partial charge on any atom is 0.254 e. The second-order valence-electron chi connectivity index (χ2n) is 6.90. The zero-order chi connectivity index (χ0) is 18.3. The summed E-state index contributed by atoms with van der Waals surface area (Å²) in [5.74, 6) is 0. The summed E-state index contributed by atoms with van der Waals surface area (Å²) in [6.07, 6.45) is 1.64. The van der Waals surface area contributed by atoms with Gasteiger partial charge in [-0.05, 0) is 31.1 Å². The third-order valence-corrected chi connectivity index (χ3v) is 5.58. The lowest BCUT2D eigenvalue weighted by atomic mass is 9.96. The molecule has 1 unspecified atom stereocenters. The van der Waals surface area contributed by atoms with Crippen molar-refractivity contribution in [3.63, 3.8) is 0 Å². The Morgan fingerprint density at radius 3 is 2.88 bits per heavy atom. The van der Waals surface area contributed by atoms with Crippen LogP contribution in [-0.4, -0.2) is 34.0 Å². The quantitative estimate of drug-likeness (QED) is 0.816. The van der Waals surface area contributed by atoms with Crippen molar-refractivity contribution in [3.8, 4) is 0 Å². The fourth-order valence-electron chi connectivity index (χ4n) is 3.73. The summed E-state index contributed by atoms with van der Waals surface area (Å²) >= 11 is 5.33. The Morgan fingerprint density at radius 2 is 2.15 bits per heavy atom. The van der Waals surface area contributed by atoms with Crippen LogP contribution in [0.2, 0.25) is 0 Å². The van der Waals surface area contributed by atoms with Gasteiger partial charge in [-0.1, -0.05) is 37.3 Å². The van der Waals surface area contributed by atoms with Crippen molar-refractivity contribution >= 4 is 12.2 Å². The Hall–Kier alpha value is -1.80. The summed E-state index contributed by atoms with van der Waals surface area (Å²) in [5, 5.41) is 0. The molecule has 0 saturated carbocycles. The van der Waals surface area contributed by atoms with Gasteiger partial charge in [-0.25, -0.2) is 0 Å². The largest absolute Gasteiger partial charge is 0.368 e. The van der Waals surface area contributed by atoms with Crippen LogP contribution in [-0.2, 0) is 20.8 Å². The number of nitrogens with one attached hydrogen (secondary N) is 1. The number of H-pyrrole nitrogens is 1. The molecule has 0 spiro atoms. The average molecular weight is 374 g/mol. The van der Waals surface area contributed by atoms with Gasteiger partial charge in [0.25, 0.3) is 5.56 Å². The van der Waals surface area contributed by atoms with Crippen molar-refractivity contribution in [3.05, 3.63) is 62.8 Å². The lowest BCUT2D eigenvalue weighted by Gasteiger charge is -2.31. The topological polar surface area (TPSA) is 65.5 Å². The number of aryl methyl sites for hydroxylation is 1. The van der Waals surface area contributed by atoms with Gasteiger partial charge in [-0.2, -0.15) is 0 Å². The Balaban J connectivity index is 1.62. The molecule has 1 aromatic heterocycles. The molecule has 2 fully saturated rings. The molecule has 7 heteroatoms. The average Bonchev–Trinajstić information content (AvgIpc) is 3.16. The zero-order valence-electron chi connectivity index (χ0n) is 14.8. The molecule has 0 radical (unpaired) electrons. The molecule has 4 atom stereocenters. The van der Waals surface area contributed by atoms with Crippen LogP contribution in [0.15, 0.2) is 41.3 Å². The second kappa shape index (κ2) is 6.74. The summed E-state index contributed by atoms with van der Waals surface area (Å²) in [6.45, 7) is 4.82. The van der Waals surface area contributed by atoms with Gasteiger partial charge >= 0.3 is 0 Å². The van der Waals surface area contributed by atoms with Crippen molar-refractivity contribution in [1.82, 2.24) is 9.55 Å². The molecule has 26 heavy (non-hydrogen) atoms. The van der Waals surface area contributed by atoms with Gasteiger partial charge in [0.05, 0.1) is 13.2 Å². The number of aromatic amines is 1. The minimum atomic E-state index is -0.497. The first-order chi connectivity index (χ1) is 12.5. The van der Waals surface area contributed by atoms with Crippen LogP contribution >= 0.6 is 12.2 Å². The van der Waals surface area contributed by atoms with E-state index in [1.165, 1.54) is 0 Å². The molecule has 2 aliphatic rings. The molecule has 6 nitrogen and oxygen atoms in total. The minimum Gasteiger partial charge on any atom is -0.368 e. The molecule has 4 rings (SSSR count). The lowest BCUT2D eigenvalue weighted by Crippen LogP contribution is -2.41. The SMILES string of the molecule is CC[C@@]12CO[C@@H](C1OCc1ccccc1)[C@H](n1cc(C)c(=O)[nH]c1=S)O2. The van der Waals surface area contributed by atoms with E-state index in [-0.39, 0.29) is 17.8 Å². The van der Waals surface area contributed by atoms with Crippen LogP contribution in [0.5, 0.6) is 0 Å². The monoisotopic (exact) mass is 374 g/mol. The first kappa shape index (κ1) is 17.6. The highest BCUT2D eigenvalue weighted by molar-refractivity contribution is 7.71. The fraction of sp³-hybridized carbons (Fsp3) is 0.474.